The van der Waals surface area contributed by atoms with E-state index >= 15 is 0 Å². The predicted molar refractivity (Wildman–Crippen MR) is 166 cm³/mol. The maximum atomic E-state index is 5.13. The van der Waals surface area contributed by atoms with E-state index in [4.69, 9.17) is 12.6 Å². The lowest BCUT2D eigenvalue weighted by molar-refractivity contribution is 0.185. The number of hydrogen-bond acceptors (Lipinski definition) is 1. The van der Waals surface area contributed by atoms with Crippen LogP contribution in [-0.4, -0.2) is 5.25 Å². The number of allylic oxidation sites excluding steroid dienone is 8. The fourth-order valence-electron chi connectivity index (χ4n) is 5.35. The highest BCUT2D eigenvalue weighted by Crippen LogP contribution is 2.59. The highest BCUT2D eigenvalue weighted by atomic mass is 32.1. The van der Waals surface area contributed by atoms with Crippen molar-refractivity contribution in [3.05, 3.63) is 85.6 Å². The summed E-state index contributed by atoms with van der Waals surface area (Å²) in [5, 5.41) is 0.344. The maximum Gasteiger partial charge on any atom is 0.0215 e. The fraction of sp³-hybridized carbons (Fsp3) is 0.588. The summed E-state index contributed by atoms with van der Waals surface area (Å²) in [5.41, 5.74) is 6.23. The van der Waals surface area contributed by atoms with Gasteiger partial charge in [0.2, 0.25) is 0 Å². The topological polar surface area (TPSA) is 0 Å². The minimum Gasteiger partial charge on any atom is -0.175 e. The van der Waals surface area contributed by atoms with Gasteiger partial charge in [-0.1, -0.05) is 111 Å². The largest absolute Gasteiger partial charge is 0.175 e. The third-order valence-electron chi connectivity index (χ3n) is 8.61. The fourth-order valence-corrected chi connectivity index (χ4v) is 5.61. The summed E-state index contributed by atoms with van der Waals surface area (Å²) in [6, 6.07) is 0. The van der Waals surface area contributed by atoms with Crippen LogP contribution in [0.3, 0.4) is 0 Å². The van der Waals surface area contributed by atoms with Gasteiger partial charge in [0.05, 0.1) is 0 Å². The Morgan fingerprint density at radius 1 is 0.971 bits per heavy atom. The van der Waals surface area contributed by atoms with Gasteiger partial charge in [-0.2, -0.15) is 12.6 Å². The number of thiol groups is 1. The van der Waals surface area contributed by atoms with Crippen molar-refractivity contribution in [1.29, 1.82) is 0 Å². The van der Waals surface area contributed by atoms with Crippen molar-refractivity contribution in [3.63, 3.8) is 0 Å². The molecule has 0 bridgehead atoms. The quantitative estimate of drug-likeness (QED) is 0.190. The summed E-state index contributed by atoms with van der Waals surface area (Å²) in [4.78, 5) is 0. The Balaban J connectivity index is 0.00000562. The summed E-state index contributed by atoms with van der Waals surface area (Å²) >= 11 is 5.13. The monoisotopic (exact) mass is 496 g/mol. The van der Waals surface area contributed by atoms with Crippen LogP contribution in [0.4, 0.5) is 0 Å². The van der Waals surface area contributed by atoms with Crippen molar-refractivity contribution in [1.82, 2.24) is 0 Å². The smallest absolute Gasteiger partial charge is 0.0215 e. The van der Waals surface area contributed by atoms with E-state index in [0.717, 1.165) is 36.0 Å². The predicted octanol–water partition coefficient (Wildman–Crippen LogP) is 11.3. The maximum absolute atomic E-state index is 5.13. The van der Waals surface area contributed by atoms with Crippen LogP contribution < -0.4 is 0 Å². The van der Waals surface area contributed by atoms with Crippen LogP contribution in [0.5, 0.6) is 0 Å². The van der Waals surface area contributed by atoms with Crippen LogP contribution in [0.2, 0.25) is 0 Å². The van der Waals surface area contributed by atoms with Gasteiger partial charge in [0.25, 0.3) is 0 Å². The molecule has 0 saturated heterocycles. The summed E-state index contributed by atoms with van der Waals surface area (Å²) in [5.74, 6) is 0.626. The first-order chi connectivity index (χ1) is 16.2. The zero-order valence-electron chi connectivity index (χ0n) is 24.5. The van der Waals surface area contributed by atoms with E-state index in [9.17, 15) is 0 Å². The van der Waals surface area contributed by atoms with Crippen molar-refractivity contribution >= 4 is 12.6 Å². The molecular weight excluding hydrogens is 440 g/mol. The Kier molecular flexibility index (Phi) is 13.7. The SMILES string of the molecule is C=C.C=C/C=C1\C(=C)C(=C)/C(=C\C(=C)C)C1(CCC(C)C(C)(C)CC)CCC(S)C(C)(C)CCC. The third-order valence-corrected chi connectivity index (χ3v) is 9.57. The molecule has 1 heteroatoms. The van der Waals surface area contributed by atoms with E-state index in [0.29, 0.717) is 16.6 Å². The molecule has 0 aromatic carbocycles. The number of hydrogen-bond donors (Lipinski definition) is 1. The molecule has 0 heterocycles. The summed E-state index contributed by atoms with van der Waals surface area (Å²) < 4.78 is 0. The van der Waals surface area contributed by atoms with E-state index in [2.05, 4.69) is 107 Å². The molecule has 0 aromatic heterocycles. The van der Waals surface area contributed by atoms with Gasteiger partial charge in [0.1, 0.15) is 0 Å². The molecule has 0 aromatic rings. The lowest BCUT2D eigenvalue weighted by atomic mass is 9.66. The molecule has 0 spiro atoms. The Labute approximate surface area is 225 Å². The van der Waals surface area contributed by atoms with Gasteiger partial charge in [-0.25, -0.2) is 0 Å². The first-order valence-corrected chi connectivity index (χ1v) is 14.0. The van der Waals surface area contributed by atoms with Crippen LogP contribution in [-0.2, 0) is 0 Å². The second kappa shape index (κ2) is 14.3. The van der Waals surface area contributed by atoms with Crippen molar-refractivity contribution in [2.24, 2.45) is 22.2 Å². The zero-order valence-corrected chi connectivity index (χ0v) is 25.4. The van der Waals surface area contributed by atoms with Crippen molar-refractivity contribution in [2.45, 2.75) is 106 Å². The molecule has 3 unspecified atom stereocenters. The molecule has 1 fully saturated rings. The average molecular weight is 497 g/mol. The van der Waals surface area contributed by atoms with Crippen LogP contribution in [0, 0.1) is 22.2 Å². The highest BCUT2D eigenvalue weighted by molar-refractivity contribution is 7.81. The molecule has 198 valence electrons. The molecule has 1 aliphatic rings. The van der Waals surface area contributed by atoms with Crippen LogP contribution in [0.1, 0.15) is 100 Å². The lowest BCUT2D eigenvalue weighted by Gasteiger charge is -2.39. The van der Waals surface area contributed by atoms with Crippen LogP contribution in [0.15, 0.2) is 85.6 Å². The summed E-state index contributed by atoms with van der Waals surface area (Å²) in [7, 11) is 0. The molecule has 3 atom stereocenters. The van der Waals surface area contributed by atoms with E-state index < -0.39 is 0 Å². The molecular formula is C34H56S. The number of rotatable bonds is 13. The van der Waals surface area contributed by atoms with Gasteiger partial charge in [0, 0.05) is 10.7 Å². The molecule has 0 N–H and O–H groups in total. The second-order valence-corrected chi connectivity index (χ2v) is 12.5. The van der Waals surface area contributed by atoms with Gasteiger partial charge in [0.15, 0.2) is 0 Å². The minimum atomic E-state index is -0.108. The average Bonchev–Trinajstić information content (AvgIpc) is 2.98. The van der Waals surface area contributed by atoms with Crippen LogP contribution in [0.25, 0.3) is 0 Å². The Hall–Kier alpha value is -1.47. The van der Waals surface area contributed by atoms with Crippen molar-refractivity contribution in [2.75, 3.05) is 0 Å². The molecule has 0 aliphatic heterocycles. The molecule has 0 amide bonds. The third kappa shape index (κ3) is 8.28. The molecule has 0 nitrogen and oxygen atoms in total. The molecule has 1 aliphatic carbocycles. The summed E-state index contributed by atoms with van der Waals surface area (Å²) in [6.45, 7) is 41.8. The van der Waals surface area contributed by atoms with Gasteiger partial charge >= 0.3 is 0 Å². The van der Waals surface area contributed by atoms with E-state index in [-0.39, 0.29) is 10.8 Å². The van der Waals surface area contributed by atoms with E-state index in [1.54, 1.807) is 0 Å². The second-order valence-electron chi connectivity index (χ2n) is 11.8. The Morgan fingerprint density at radius 2 is 1.49 bits per heavy atom. The first kappa shape index (κ1) is 33.5. The zero-order chi connectivity index (χ0) is 27.6. The molecule has 1 saturated carbocycles. The Bertz CT molecular complexity index is 816. The lowest BCUT2D eigenvalue weighted by Crippen LogP contribution is -2.30. The molecule has 1 rings (SSSR count). The standard InChI is InChI=1S/C32H52S.C2H4/c1-13-16-27-25(7)26(8)28(22-23(4)5)32(27,20-17-24(6)30(9,10)15-3)21-18-29(33)31(11,12)19-14-2;1-2/h13,16,22,24,29,33H,1,4,7-8,14-15,17-21H2,2-3,5-6,9-12H3;1-2H2/b27-16+,28-22+;. The van der Waals surface area contributed by atoms with Crippen molar-refractivity contribution < 1.29 is 0 Å². The first-order valence-electron chi connectivity index (χ1n) is 13.5. The van der Waals surface area contributed by atoms with Gasteiger partial charge in [-0.05, 0) is 78.1 Å². The van der Waals surface area contributed by atoms with E-state index in [1.807, 2.05) is 6.08 Å². The van der Waals surface area contributed by atoms with Gasteiger partial charge in [-0.3, -0.25) is 0 Å². The highest BCUT2D eigenvalue weighted by Gasteiger charge is 2.47. The normalized spacial score (nSPS) is 22.7. The molecule has 35 heavy (non-hydrogen) atoms. The Morgan fingerprint density at radius 3 is 1.94 bits per heavy atom. The van der Waals surface area contributed by atoms with Gasteiger partial charge < -0.3 is 0 Å². The summed E-state index contributed by atoms with van der Waals surface area (Å²) in [6.07, 6.45) is 14.3. The molecule has 0 radical (unpaired) electrons. The van der Waals surface area contributed by atoms with Crippen molar-refractivity contribution in [3.8, 4) is 0 Å². The van der Waals surface area contributed by atoms with E-state index in [1.165, 1.54) is 36.8 Å². The van der Waals surface area contributed by atoms with Gasteiger partial charge in [-0.15, -0.1) is 13.2 Å². The minimum absolute atomic E-state index is 0.108. The van der Waals surface area contributed by atoms with Crippen LogP contribution >= 0.6 is 12.6 Å².